The molecule has 4 aromatic rings. The lowest BCUT2D eigenvalue weighted by atomic mass is 10.1. The minimum absolute atomic E-state index is 0.206. The molecule has 9 nitrogen and oxygen atoms in total. The molecule has 2 N–H and O–H groups in total. The molecular weight excluding hydrogens is 430 g/mol. The summed E-state index contributed by atoms with van der Waals surface area (Å²) in [6.45, 7) is 4.15. The molecule has 10 heteroatoms. The second-order valence-electron chi connectivity index (χ2n) is 8.16. The lowest BCUT2D eigenvalue weighted by molar-refractivity contribution is 0.0654. The summed E-state index contributed by atoms with van der Waals surface area (Å²) in [6, 6.07) is 7.64. The first kappa shape index (κ1) is 20.4. The van der Waals surface area contributed by atoms with Crippen LogP contribution in [0.25, 0.3) is 22.2 Å². The van der Waals surface area contributed by atoms with E-state index >= 15 is 0 Å². The molecule has 5 rings (SSSR count). The summed E-state index contributed by atoms with van der Waals surface area (Å²) in [4.78, 5) is 17.3. The second kappa shape index (κ2) is 7.88. The van der Waals surface area contributed by atoms with E-state index in [9.17, 15) is 9.90 Å². The largest absolute Gasteiger partial charge is 0.454 e. The number of pyridine rings is 1. The Morgan fingerprint density at radius 3 is 2.84 bits per heavy atom. The van der Waals surface area contributed by atoms with E-state index in [1.807, 2.05) is 24.3 Å². The normalized spacial score (nSPS) is 13.0. The van der Waals surface area contributed by atoms with E-state index in [2.05, 4.69) is 19.8 Å². The molecule has 1 aliphatic rings. The molecule has 0 spiro atoms. The maximum Gasteiger partial charge on any atom is 0.259 e. The molecular formula is C22H21N5O4S. The number of carbonyl (C=O) groups is 1. The van der Waals surface area contributed by atoms with E-state index in [1.54, 1.807) is 30.1 Å². The summed E-state index contributed by atoms with van der Waals surface area (Å²) < 4.78 is 16.6. The third-order valence-electron chi connectivity index (χ3n) is 5.15. The number of aliphatic hydroxyl groups is 1. The standard InChI is InChI=1S/C22H21N5O4S/c1-22(2,29)5-6-27-20-16(19(26-27)25-21(28)15-10-24-32-11-15)7-14(9-23-20)13-3-4-17-18(8-13)31-12-30-17/h3-4,7-11,29H,5-6,12H2,1-2H3,(H,25,26,28). The molecule has 3 aromatic heterocycles. The number of benzene rings is 1. The number of anilines is 1. The zero-order chi connectivity index (χ0) is 22.3. The number of carbonyl (C=O) groups excluding carboxylic acids is 1. The van der Waals surface area contributed by atoms with Gasteiger partial charge >= 0.3 is 0 Å². The highest BCUT2D eigenvalue weighted by atomic mass is 32.1. The number of amides is 1. The first-order valence-corrected chi connectivity index (χ1v) is 10.9. The molecule has 0 unspecified atom stereocenters. The minimum Gasteiger partial charge on any atom is -0.454 e. The predicted molar refractivity (Wildman–Crippen MR) is 120 cm³/mol. The number of nitrogens with one attached hydrogen (secondary N) is 1. The highest BCUT2D eigenvalue weighted by molar-refractivity contribution is 7.03. The van der Waals surface area contributed by atoms with E-state index in [0.29, 0.717) is 46.9 Å². The van der Waals surface area contributed by atoms with Gasteiger partial charge in [-0.05, 0) is 55.6 Å². The Hall–Kier alpha value is -3.50. The van der Waals surface area contributed by atoms with Crippen molar-refractivity contribution in [2.75, 3.05) is 12.1 Å². The van der Waals surface area contributed by atoms with Crippen molar-refractivity contribution in [2.45, 2.75) is 32.4 Å². The zero-order valence-corrected chi connectivity index (χ0v) is 18.3. The van der Waals surface area contributed by atoms with Crippen molar-refractivity contribution in [3.63, 3.8) is 0 Å². The lowest BCUT2D eigenvalue weighted by Gasteiger charge is -2.16. The first-order valence-electron chi connectivity index (χ1n) is 10.1. The van der Waals surface area contributed by atoms with Crippen LogP contribution in [0.1, 0.15) is 30.6 Å². The number of rotatable bonds is 6. The van der Waals surface area contributed by atoms with Crippen molar-refractivity contribution in [3.8, 4) is 22.6 Å². The molecule has 0 saturated heterocycles. The van der Waals surface area contributed by atoms with Crippen LogP contribution in [0.3, 0.4) is 0 Å². The van der Waals surface area contributed by atoms with Crippen LogP contribution < -0.4 is 14.8 Å². The van der Waals surface area contributed by atoms with Gasteiger partial charge in [0.2, 0.25) is 6.79 Å². The maximum atomic E-state index is 12.6. The summed E-state index contributed by atoms with van der Waals surface area (Å²) in [6.07, 6.45) is 3.76. The van der Waals surface area contributed by atoms with Crippen molar-refractivity contribution < 1.29 is 19.4 Å². The van der Waals surface area contributed by atoms with Gasteiger partial charge in [0.1, 0.15) is 0 Å². The molecule has 0 saturated carbocycles. The topological polar surface area (TPSA) is 111 Å². The van der Waals surface area contributed by atoms with E-state index in [0.717, 1.165) is 11.1 Å². The average Bonchev–Trinajstić information content (AvgIpc) is 3.51. The highest BCUT2D eigenvalue weighted by Crippen LogP contribution is 2.37. The summed E-state index contributed by atoms with van der Waals surface area (Å²) in [5.74, 6) is 1.50. The smallest absolute Gasteiger partial charge is 0.259 e. The van der Waals surface area contributed by atoms with E-state index in [4.69, 9.17) is 9.47 Å². The van der Waals surface area contributed by atoms with Gasteiger partial charge in [0.25, 0.3) is 5.91 Å². The molecule has 1 amide bonds. The fraction of sp³-hybridized carbons (Fsp3) is 0.273. The summed E-state index contributed by atoms with van der Waals surface area (Å²) in [7, 11) is 0. The molecule has 0 atom stereocenters. The number of aromatic nitrogens is 4. The van der Waals surface area contributed by atoms with E-state index in [-0.39, 0.29) is 12.7 Å². The van der Waals surface area contributed by atoms with Gasteiger partial charge in [0, 0.05) is 23.7 Å². The van der Waals surface area contributed by atoms with Gasteiger partial charge < -0.3 is 19.9 Å². The Balaban J connectivity index is 1.55. The van der Waals surface area contributed by atoms with Crippen molar-refractivity contribution in [1.29, 1.82) is 0 Å². The quantitative estimate of drug-likeness (QED) is 0.460. The van der Waals surface area contributed by atoms with Crippen molar-refractivity contribution in [1.82, 2.24) is 19.1 Å². The molecule has 0 bridgehead atoms. The predicted octanol–water partition coefficient (Wildman–Crippen LogP) is 3.70. The average molecular weight is 452 g/mol. The Bertz CT molecular complexity index is 1290. The summed E-state index contributed by atoms with van der Waals surface area (Å²) in [5.41, 5.74) is 2.00. The van der Waals surface area contributed by atoms with E-state index in [1.165, 1.54) is 17.7 Å². The maximum absolute atomic E-state index is 12.6. The number of hydrogen-bond donors (Lipinski definition) is 2. The SMILES string of the molecule is CC(C)(O)CCn1nc(NC(=O)c2cnsc2)c2cc(-c3ccc4c(c3)OCO4)cnc21. The summed E-state index contributed by atoms with van der Waals surface area (Å²) >= 11 is 1.21. The van der Waals surface area contributed by atoms with Crippen LogP contribution in [-0.2, 0) is 6.54 Å². The van der Waals surface area contributed by atoms with Crippen molar-refractivity contribution >= 4 is 34.3 Å². The van der Waals surface area contributed by atoms with Crippen LogP contribution in [0.4, 0.5) is 5.82 Å². The van der Waals surface area contributed by atoms with Crippen LogP contribution in [0.15, 0.2) is 42.0 Å². The molecule has 32 heavy (non-hydrogen) atoms. The van der Waals surface area contributed by atoms with E-state index < -0.39 is 5.60 Å². The molecule has 0 fully saturated rings. The lowest BCUT2D eigenvalue weighted by Crippen LogP contribution is -2.21. The molecule has 4 heterocycles. The third-order valence-corrected chi connectivity index (χ3v) is 5.74. The molecule has 164 valence electrons. The Labute approximate surface area is 187 Å². The van der Waals surface area contributed by atoms with Crippen LogP contribution in [-0.4, -0.2) is 42.5 Å². The Morgan fingerprint density at radius 1 is 1.22 bits per heavy atom. The van der Waals surface area contributed by atoms with Gasteiger partial charge in [-0.1, -0.05) is 6.07 Å². The number of hydrogen-bond acceptors (Lipinski definition) is 8. The van der Waals surface area contributed by atoms with Gasteiger partial charge in [-0.2, -0.15) is 5.10 Å². The number of aryl methyl sites for hydroxylation is 1. The molecule has 0 aliphatic carbocycles. The van der Waals surface area contributed by atoms with Gasteiger partial charge in [0.15, 0.2) is 23.0 Å². The molecule has 0 radical (unpaired) electrons. The van der Waals surface area contributed by atoms with Gasteiger partial charge in [-0.25, -0.2) is 14.0 Å². The van der Waals surface area contributed by atoms with Crippen molar-refractivity contribution in [3.05, 3.63) is 47.6 Å². The Morgan fingerprint density at radius 2 is 2.06 bits per heavy atom. The Kier molecular flexibility index (Phi) is 5.03. The summed E-state index contributed by atoms with van der Waals surface area (Å²) in [5, 5.41) is 20.0. The van der Waals surface area contributed by atoms with Crippen LogP contribution in [0, 0.1) is 0 Å². The monoisotopic (exact) mass is 451 g/mol. The van der Waals surface area contributed by atoms with Crippen LogP contribution in [0.2, 0.25) is 0 Å². The molecule has 1 aromatic carbocycles. The minimum atomic E-state index is -0.851. The fourth-order valence-electron chi connectivity index (χ4n) is 3.42. The number of ether oxygens (including phenoxy) is 2. The first-order chi connectivity index (χ1) is 15.4. The van der Waals surface area contributed by atoms with Crippen molar-refractivity contribution in [2.24, 2.45) is 0 Å². The highest BCUT2D eigenvalue weighted by Gasteiger charge is 2.20. The van der Waals surface area contributed by atoms with Gasteiger partial charge in [0.05, 0.1) is 22.7 Å². The zero-order valence-electron chi connectivity index (χ0n) is 17.5. The van der Waals surface area contributed by atoms with Gasteiger partial charge in [-0.3, -0.25) is 4.79 Å². The molecule has 1 aliphatic heterocycles. The third kappa shape index (κ3) is 4.02. The van der Waals surface area contributed by atoms with Crippen LogP contribution >= 0.6 is 11.5 Å². The number of nitrogens with zero attached hydrogens (tertiary/aromatic N) is 4. The fourth-order valence-corrected chi connectivity index (χ4v) is 3.93. The van der Waals surface area contributed by atoms with Crippen LogP contribution in [0.5, 0.6) is 11.5 Å². The second-order valence-corrected chi connectivity index (χ2v) is 8.82. The number of fused-ring (bicyclic) bond motifs is 2. The van der Waals surface area contributed by atoms with Gasteiger partial charge in [-0.15, -0.1) is 0 Å².